The second kappa shape index (κ2) is 6.37. The molecule has 1 N–H and O–H groups in total. The Morgan fingerprint density at radius 1 is 1.22 bits per heavy atom. The number of thiophene rings is 1. The summed E-state index contributed by atoms with van der Waals surface area (Å²) in [6.45, 7) is 2.23. The van der Waals surface area contributed by atoms with Crippen LogP contribution in [0.1, 0.15) is 35.7 Å². The number of likely N-dealkylation sites (N-methyl/N-ethyl adjacent to an activating group) is 1. The summed E-state index contributed by atoms with van der Waals surface area (Å²) in [7, 11) is 2.01. The third-order valence-electron chi connectivity index (χ3n) is 3.31. The van der Waals surface area contributed by atoms with Crippen LogP contribution in [-0.2, 0) is 0 Å². The Morgan fingerprint density at radius 3 is 2.44 bits per heavy atom. The molecule has 0 aliphatic rings. The van der Waals surface area contributed by atoms with Crippen LogP contribution >= 0.6 is 22.9 Å². The Labute approximate surface area is 118 Å². The van der Waals surface area contributed by atoms with Crippen LogP contribution in [0, 0.1) is 0 Å². The number of benzene rings is 1. The van der Waals surface area contributed by atoms with Gasteiger partial charge in [-0.25, -0.2) is 0 Å². The highest BCUT2D eigenvalue weighted by Gasteiger charge is 2.24. The van der Waals surface area contributed by atoms with Gasteiger partial charge in [-0.05, 0) is 30.5 Å². The molecule has 2 atom stereocenters. The molecule has 1 aromatic carbocycles. The summed E-state index contributed by atoms with van der Waals surface area (Å²) in [4.78, 5) is 1.23. The highest BCUT2D eigenvalue weighted by Crippen LogP contribution is 2.39. The van der Waals surface area contributed by atoms with Crippen LogP contribution in [0.5, 0.6) is 0 Å². The molecule has 0 fully saturated rings. The predicted octanol–water partition coefficient (Wildman–Crippen LogP) is 4.86. The fraction of sp³-hybridized carbons (Fsp3) is 0.333. The van der Waals surface area contributed by atoms with E-state index in [1.165, 1.54) is 10.4 Å². The van der Waals surface area contributed by atoms with Crippen molar-refractivity contribution >= 4 is 22.9 Å². The summed E-state index contributed by atoms with van der Waals surface area (Å²) < 4.78 is 0. The van der Waals surface area contributed by atoms with E-state index < -0.39 is 0 Å². The lowest BCUT2D eigenvalue weighted by Crippen LogP contribution is -2.23. The highest BCUT2D eigenvalue weighted by molar-refractivity contribution is 7.10. The SMILES string of the molecule is CCC(c1ccccc1)C(NC)c1sccc1Cl. The molecule has 1 nitrogen and oxygen atoms in total. The molecule has 0 spiro atoms. The van der Waals surface area contributed by atoms with Crippen molar-refractivity contribution in [3.63, 3.8) is 0 Å². The molecule has 3 heteroatoms. The summed E-state index contributed by atoms with van der Waals surface area (Å²) in [5.41, 5.74) is 1.36. The Balaban J connectivity index is 2.34. The topological polar surface area (TPSA) is 12.0 Å². The van der Waals surface area contributed by atoms with E-state index in [2.05, 4.69) is 48.0 Å². The van der Waals surface area contributed by atoms with E-state index in [0.717, 1.165) is 11.4 Å². The van der Waals surface area contributed by atoms with Crippen LogP contribution in [-0.4, -0.2) is 7.05 Å². The Morgan fingerprint density at radius 2 is 1.94 bits per heavy atom. The smallest absolute Gasteiger partial charge is 0.0561 e. The second-order valence-electron chi connectivity index (χ2n) is 4.32. The van der Waals surface area contributed by atoms with Crippen LogP contribution in [0.25, 0.3) is 0 Å². The second-order valence-corrected chi connectivity index (χ2v) is 5.68. The first-order chi connectivity index (χ1) is 8.77. The van der Waals surface area contributed by atoms with Crippen molar-refractivity contribution in [2.24, 2.45) is 0 Å². The maximum atomic E-state index is 6.27. The normalized spacial score (nSPS) is 14.4. The molecule has 96 valence electrons. The summed E-state index contributed by atoms with van der Waals surface area (Å²) in [6, 6.07) is 12.9. The van der Waals surface area contributed by atoms with Gasteiger partial charge in [0.25, 0.3) is 0 Å². The minimum atomic E-state index is 0.282. The lowest BCUT2D eigenvalue weighted by atomic mass is 9.88. The van der Waals surface area contributed by atoms with E-state index in [4.69, 9.17) is 11.6 Å². The van der Waals surface area contributed by atoms with E-state index >= 15 is 0 Å². The number of rotatable bonds is 5. The minimum Gasteiger partial charge on any atom is -0.312 e. The van der Waals surface area contributed by atoms with Crippen molar-refractivity contribution in [2.75, 3.05) is 7.05 Å². The van der Waals surface area contributed by atoms with Crippen molar-refractivity contribution < 1.29 is 0 Å². The maximum Gasteiger partial charge on any atom is 0.0561 e. The first-order valence-electron chi connectivity index (χ1n) is 6.23. The molecule has 2 unspecified atom stereocenters. The van der Waals surface area contributed by atoms with E-state index in [0.29, 0.717) is 5.92 Å². The van der Waals surface area contributed by atoms with Gasteiger partial charge in [-0.1, -0.05) is 48.9 Å². The van der Waals surface area contributed by atoms with E-state index in [9.17, 15) is 0 Å². The molecule has 2 rings (SSSR count). The predicted molar refractivity (Wildman–Crippen MR) is 80.6 cm³/mol. The van der Waals surface area contributed by atoms with Crippen molar-refractivity contribution in [3.05, 3.63) is 57.2 Å². The van der Waals surface area contributed by atoms with Gasteiger partial charge in [0, 0.05) is 16.8 Å². The van der Waals surface area contributed by atoms with Crippen molar-refractivity contribution in [3.8, 4) is 0 Å². The molecule has 1 aromatic heterocycles. The molecule has 0 amide bonds. The lowest BCUT2D eigenvalue weighted by molar-refractivity contribution is 0.475. The minimum absolute atomic E-state index is 0.282. The monoisotopic (exact) mass is 279 g/mol. The molecule has 2 aromatic rings. The zero-order valence-electron chi connectivity index (χ0n) is 10.7. The number of halogens is 1. The van der Waals surface area contributed by atoms with E-state index in [1.807, 2.05) is 13.1 Å². The summed E-state index contributed by atoms with van der Waals surface area (Å²) in [5, 5.41) is 6.35. The zero-order chi connectivity index (χ0) is 13.0. The van der Waals surface area contributed by atoms with Gasteiger partial charge in [0.2, 0.25) is 0 Å². The van der Waals surface area contributed by atoms with Gasteiger partial charge in [0.05, 0.1) is 5.02 Å². The standard InChI is InChI=1S/C15H18ClNS/c1-3-12(11-7-5-4-6-8-11)14(17-2)15-13(16)9-10-18-15/h4-10,12,14,17H,3H2,1-2H3. The van der Waals surface area contributed by atoms with Gasteiger partial charge in [0.1, 0.15) is 0 Å². The van der Waals surface area contributed by atoms with E-state index in [-0.39, 0.29) is 6.04 Å². The largest absolute Gasteiger partial charge is 0.312 e. The van der Waals surface area contributed by atoms with Crippen molar-refractivity contribution in [1.82, 2.24) is 5.32 Å². The molecule has 0 aliphatic heterocycles. The first kappa shape index (κ1) is 13.6. The fourth-order valence-electron chi connectivity index (χ4n) is 2.41. The maximum absolute atomic E-state index is 6.27. The van der Waals surface area contributed by atoms with Crippen LogP contribution in [0.2, 0.25) is 5.02 Å². The summed E-state index contributed by atoms with van der Waals surface area (Å²) >= 11 is 8.00. The quantitative estimate of drug-likeness (QED) is 0.824. The van der Waals surface area contributed by atoms with Gasteiger partial charge >= 0.3 is 0 Å². The van der Waals surface area contributed by atoms with Gasteiger partial charge in [-0.3, -0.25) is 0 Å². The van der Waals surface area contributed by atoms with Gasteiger partial charge in [0.15, 0.2) is 0 Å². The third kappa shape index (κ3) is 2.77. The van der Waals surface area contributed by atoms with Crippen molar-refractivity contribution in [2.45, 2.75) is 25.3 Å². The summed E-state index contributed by atoms with van der Waals surface area (Å²) in [5.74, 6) is 0.451. The van der Waals surface area contributed by atoms with Crippen LogP contribution in [0.4, 0.5) is 0 Å². The number of hydrogen-bond acceptors (Lipinski definition) is 2. The Bertz CT molecular complexity index is 480. The van der Waals surface area contributed by atoms with Crippen LogP contribution in [0.3, 0.4) is 0 Å². The molecule has 0 aliphatic carbocycles. The molecule has 1 heterocycles. The average molecular weight is 280 g/mol. The fourth-order valence-corrected chi connectivity index (χ4v) is 3.76. The molecule has 0 radical (unpaired) electrons. The van der Waals surface area contributed by atoms with Crippen LogP contribution < -0.4 is 5.32 Å². The molecule has 18 heavy (non-hydrogen) atoms. The van der Waals surface area contributed by atoms with Crippen LogP contribution in [0.15, 0.2) is 41.8 Å². The number of hydrogen-bond donors (Lipinski definition) is 1. The third-order valence-corrected chi connectivity index (χ3v) is 4.75. The Kier molecular flexibility index (Phi) is 4.81. The molecular formula is C15H18ClNS. The van der Waals surface area contributed by atoms with Gasteiger partial charge in [-0.15, -0.1) is 11.3 Å². The number of nitrogens with one attached hydrogen (secondary N) is 1. The molecule has 0 saturated carbocycles. The highest BCUT2D eigenvalue weighted by atomic mass is 35.5. The average Bonchev–Trinajstić information content (AvgIpc) is 2.83. The summed E-state index contributed by atoms with van der Waals surface area (Å²) in [6.07, 6.45) is 1.09. The molecule has 0 bridgehead atoms. The van der Waals surface area contributed by atoms with Gasteiger partial charge in [-0.2, -0.15) is 0 Å². The molecule has 0 saturated heterocycles. The van der Waals surface area contributed by atoms with Gasteiger partial charge < -0.3 is 5.32 Å². The van der Waals surface area contributed by atoms with E-state index in [1.54, 1.807) is 11.3 Å². The first-order valence-corrected chi connectivity index (χ1v) is 7.48. The lowest BCUT2D eigenvalue weighted by Gasteiger charge is -2.26. The Hall–Kier alpha value is -0.830. The zero-order valence-corrected chi connectivity index (χ0v) is 12.3. The molecular weight excluding hydrogens is 262 g/mol. The van der Waals surface area contributed by atoms with Crippen molar-refractivity contribution in [1.29, 1.82) is 0 Å².